The number of rotatable bonds is 4. The van der Waals surface area contributed by atoms with Crippen molar-refractivity contribution in [1.82, 2.24) is 10.1 Å². The molecule has 0 saturated carbocycles. The molecule has 15 heavy (non-hydrogen) atoms. The van der Waals surface area contributed by atoms with E-state index in [0.717, 1.165) is 21.5 Å². The van der Waals surface area contributed by atoms with E-state index in [1.54, 1.807) is 11.3 Å². The van der Waals surface area contributed by atoms with Gasteiger partial charge in [0, 0.05) is 6.42 Å². The molecule has 2 rings (SSSR count). The second-order valence-corrected chi connectivity index (χ2v) is 5.47. The summed E-state index contributed by atoms with van der Waals surface area (Å²) in [6, 6.07) is 3.93. The molecule has 0 amide bonds. The molecule has 0 bridgehead atoms. The molecule has 2 heterocycles. The molecule has 0 aliphatic carbocycles. The fourth-order valence-electron chi connectivity index (χ4n) is 1.14. The minimum atomic E-state index is 0.641. The normalized spacial score (nSPS) is 10.8. The van der Waals surface area contributed by atoms with Crippen molar-refractivity contribution in [3.05, 3.63) is 21.8 Å². The van der Waals surface area contributed by atoms with E-state index in [-0.39, 0.29) is 0 Å². The minimum absolute atomic E-state index is 0.641. The number of nitrogens with two attached hydrogens (primary N) is 1. The molecule has 0 radical (unpaired) electrons. The number of nitrogens with zero attached hydrogens (tertiary/aromatic N) is 2. The summed E-state index contributed by atoms with van der Waals surface area (Å²) in [6.07, 6.45) is 1.62. The lowest BCUT2D eigenvalue weighted by Crippen LogP contribution is -2.00. The molecule has 6 heteroatoms. The topological polar surface area (TPSA) is 64.9 Å². The smallest absolute Gasteiger partial charge is 0.227 e. The third-order valence-electron chi connectivity index (χ3n) is 1.86. The Bertz CT molecular complexity index is 440. The summed E-state index contributed by atoms with van der Waals surface area (Å²) < 4.78 is 6.17. The van der Waals surface area contributed by atoms with Gasteiger partial charge in [-0.25, -0.2) is 0 Å². The van der Waals surface area contributed by atoms with Crippen LogP contribution in [0.1, 0.15) is 12.3 Å². The lowest BCUT2D eigenvalue weighted by Gasteiger charge is -1.88. The van der Waals surface area contributed by atoms with Crippen molar-refractivity contribution < 1.29 is 4.52 Å². The van der Waals surface area contributed by atoms with Crippen LogP contribution in [-0.2, 0) is 6.42 Å². The van der Waals surface area contributed by atoms with E-state index in [4.69, 9.17) is 10.3 Å². The molecule has 0 atom stereocenters. The molecule has 0 aromatic carbocycles. The maximum absolute atomic E-state index is 5.40. The minimum Gasteiger partial charge on any atom is -0.339 e. The molecule has 0 spiro atoms. The molecule has 0 saturated heterocycles. The van der Waals surface area contributed by atoms with Gasteiger partial charge in [-0.3, -0.25) is 0 Å². The SMILES string of the molecule is NCCCc1nc(-c2ccc(Br)s2)no1. The average Bonchev–Trinajstić information content (AvgIpc) is 2.83. The van der Waals surface area contributed by atoms with Crippen LogP contribution < -0.4 is 5.73 Å². The molecule has 2 aromatic heterocycles. The summed E-state index contributed by atoms with van der Waals surface area (Å²) >= 11 is 4.98. The monoisotopic (exact) mass is 287 g/mol. The number of halogens is 1. The summed E-state index contributed by atoms with van der Waals surface area (Å²) in [5, 5.41) is 3.92. The van der Waals surface area contributed by atoms with Crippen molar-refractivity contribution in [3.63, 3.8) is 0 Å². The second-order valence-electron chi connectivity index (χ2n) is 3.01. The highest BCUT2D eigenvalue weighted by atomic mass is 79.9. The van der Waals surface area contributed by atoms with Gasteiger partial charge in [-0.05, 0) is 41.0 Å². The maximum Gasteiger partial charge on any atom is 0.227 e. The summed E-state index contributed by atoms with van der Waals surface area (Å²) in [4.78, 5) is 5.29. The van der Waals surface area contributed by atoms with E-state index in [9.17, 15) is 0 Å². The molecular formula is C9H10BrN3OS. The second kappa shape index (κ2) is 4.87. The van der Waals surface area contributed by atoms with Crippen molar-refractivity contribution in [2.45, 2.75) is 12.8 Å². The fourth-order valence-corrected chi connectivity index (χ4v) is 2.46. The highest BCUT2D eigenvalue weighted by Crippen LogP contribution is 2.29. The molecule has 0 unspecified atom stereocenters. The standard InChI is InChI=1S/C9H10BrN3OS/c10-7-4-3-6(15-7)9-12-8(14-13-9)2-1-5-11/h3-4H,1-2,5,11H2. The van der Waals surface area contributed by atoms with Gasteiger partial charge in [-0.1, -0.05) is 5.16 Å². The van der Waals surface area contributed by atoms with E-state index in [2.05, 4.69) is 26.1 Å². The molecule has 80 valence electrons. The van der Waals surface area contributed by atoms with Crippen LogP contribution in [0.4, 0.5) is 0 Å². The van der Waals surface area contributed by atoms with Crippen molar-refractivity contribution in [1.29, 1.82) is 0 Å². The fraction of sp³-hybridized carbons (Fsp3) is 0.333. The molecule has 2 aromatic rings. The first-order valence-corrected chi connectivity index (χ1v) is 6.19. The Labute approximate surface area is 99.6 Å². The Hall–Kier alpha value is -0.720. The first-order valence-electron chi connectivity index (χ1n) is 4.58. The predicted molar refractivity (Wildman–Crippen MR) is 62.7 cm³/mol. The Kier molecular flexibility index (Phi) is 3.50. The first kappa shape index (κ1) is 10.8. The van der Waals surface area contributed by atoms with Crippen LogP contribution in [-0.4, -0.2) is 16.7 Å². The van der Waals surface area contributed by atoms with E-state index in [1.807, 2.05) is 12.1 Å². The number of hydrogen-bond acceptors (Lipinski definition) is 5. The van der Waals surface area contributed by atoms with Gasteiger partial charge < -0.3 is 10.3 Å². The van der Waals surface area contributed by atoms with Crippen molar-refractivity contribution >= 4 is 27.3 Å². The van der Waals surface area contributed by atoms with E-state index in [0.29, 0.717) is 18.3 Å². The molecule has 0 aliphatic heterocycles. The summed E-state index contributed by atoms with van der Waals surface area (Å²) in [5.74, 6) is 1.30. The van der Waals surface area contributed by atoms with Crippen LogP contribution in [0.25, 0.3) is 10.7 Å². The third-order valence-corrected chi connectivity index (χ3v) is 3.48. The van der Waals surface area contributed by atoms with Crippen LogP contribution in [0.5, 0.6) is 0 Å². The molecule has 2 N–H and O–H groups in total. The van der Waals surface area contributed by atoms with Crippen LogP contribution in [0, 0.1) is 0 Å². The Morgan fingerprint density at radius 3 is 3.00 bits per heavy atom. The lowest BCUT2D eigenvalue weighted by molar-refractivity contribution is 0.377. The number of aromatic nitrogens is 2. The largest absolute Gasteiger partial charge is 0.339 e. The highest BCUT2D eigenvalue weighted by Gasteiger charge is 2.09. The summed E-state index contributed by atoms with van der Waals surface area (Å²) in [7, 11) is 0. The van der Waals surface area contributed by atoms with Gasteiger partial charge in [0.25, 0.3) is 0 Å². The van der Waals surface area contributed by atoms with Gasteiger partial charge in [0.1, 0.15) is 0 Å². The zero-order valence-corrected chi connectivity index (χ0v) is 10.3. The van der Waals surface area contributed by atoms with Gasteiger partial charge in [-0.15, -0.1) is 11.3 Å². The van der Waals surface area contributed by atoms with Crippen molar-refractivity contribution in [2.75, 3.05) is 6.54 Å². The van der Waals surface area contributed by atoms with Gasteiger partial charge in [0.2, 0.25) is 11.7 Å². The average molecular weight is 288 g/mol. The Morgan fingerprint density at radius 2 is 2.33 bits per heavy atom. The van der Waals surface area contributed by atoms with Gasteiger partial charge in [-0.2, -0.15) is 4.98 Å². The van der Waals surface area contributed by atoms with E-state index < -0.39 is 0 Å². The molecular weight excluding hydrogens is 278 g/mol. The summed E-state index contributed by atoms with van der Waals surface area (Å²) in [6.45, 7) is 0.641. The van der Waals surface area contributed by atoms with Crippen LogP contribution in [0.3, 0.4) is 0 Å². The van der Waals surface area contributed by atoms with Crippen LogP contribution in [0.15, 0.2) is 20.4 Å². The maximum atomic E-state index is 5.40. The zero-order valence-electron chi connectivity index (χ0n) is 7.94. The van der Waals surface area contributed by atoms with Gasteiger partial charge in [0.15, 0.2) is 0 Å². The van der Waals surface area contributed by atoms with Gasteiger partial charge >= 0.3 is 0 Å². The predicted octanol–water partition coefficient (Wildman–Crippen LogP) is 2.45. The third kappa shape index (κ3) is 2.64. The van der Waals surface area contributed by atoms with E-state index in [1.165, 1.54) is 0 Å². The highest BCUT2D eigenvalue weighted by molar-refractivity contribution is 9.11. The molecule has 4 nitrogen and oxygen atoms in total. The zero-order chi connectivity index (χ0) is 10.7. The number of aryl methyl sites for hydroxylation is 1. The summed E-state index contributed by atoms with van der Waals surface area (Å²) in [5.41, 5.74) is 5.40. The number of hydrogen-bond donors (Lipinski definition) is 1. The van der Waals surface area contributed by atoms with Crippen molar-refractivity contribution in [3.8, 4) is 10.7 Å². The Morgan fingerprint density at radius 1 is 1.47 bits per heavy atom. The van der Waals surface area contributed by atoms with Crippen LogP contribution in [0.2, 0.25) is 0 Å². The number of thiophene rings is 1. The first-order chi connectivity index (χ1) is 7.29. The Balaban J connectivity index is 2.13. The quantitative estimate of drug-likeness (QED) is 0.938. The van der Waals surface area contributed by atoms with E-state index >= 15 is 0 Å². The van der Waals surface area contributed by atoms with Crippen molar-refractivity contribution in [2.24, 2.45) is 5.73 Å². The van der Waals surface area contributed by atoms with Crippen LogP contribution >= 0.6 is 27.3 Å². The van der Waals surface area contributed by atoms with Gasteiger partial charge in [0.05, 0.1) is 8.66 Å². The molecule has 0 aliphatic rings. The lowest BCUT2D eigenvalue weighted by atomic mass is 10.3. The molecule has 0 fully saturated rings.